The van der Waals surface area contributed by atoms with E-state index in [1.165, 1.54) is 0 Å². The Morgan fingerprint density at radius 3 is 2.85 bits per heavy atom. The molecule has 3 N–H and O–H groups in total. The Labute approximate surface area is 115 Å². The van der Waals surface area contributed by atoms with E-state index < -0.39 is 24.4 Å². The molecule has 0 amide bonds. The summed E-state index contributed by atoms with van der Waals surface area (Å²) in [6, 6.07) is 7.52. The van der Waals surface area contributed by atoms with Crippen molar-refractivity contribution >= 4 is 11.0 Å². The van der Waals surface area contributed by atoms with E-state index in [0.717, 1.165) is 11.1 Å². The van der Waals surface area contributed by atoms with Crippen molar-refractivity contribution in [2.24, 2.45) is 0 Å². The molecule has 2 aromatic rings. The number of nitrogens with zero attached hydrogens (tertiary/aromatic N) is 2. The van der Waals surface area contributed by atoms with Crippen molar-refractivity contribution in [3.8, 4) is 0 Å². The van der Waals surface area contributed by atoms with E-state index in [1.807, 2.05) is 24.3 Å². The molecule has 1 aliphatic heterocycles. The molecule has 3 heterocycles. The minimum absolute atomic E-state index is 0.00866. The van der Waals surface area contributed by atoms with Crippen LogP contribution in [-0.4, -0.2) is 56.3 Å². The smallest absolute Gasteiger partial charge is 0.159 e. The minimum atomic E-state index is -1.19. The SMILES string of the molecule is O[C@@H]1[C@@H](O)[C@H](Cc2ccc3cccnc3n2)OC[C@H]1O. The maximum Gasteiger partial charge on any atom is 0.159 e. The molecule has 0 unspecified atom stereocenters. The van der Waals surface area contributed by atoms with Crippen LogP contribution in [0.1, 0.15) is 5.69 Å². The Morgan fingerprint density at radius 2 is 2.00 bits per heavy atom. The lowest BCUT2D eigenvalue weighted by atomic mass is 9.96. The molecule has 1 saturated heterocycles. The van der Waals surface area contributed by atoms with Gasteiger partial charge in [-0.25, -0.2) is 9.97 Å². The van der Waals surface area contributed by atoms with Gasteiger partial charge in [0, 0.05) is 23.7 Å². The summed E-state index contributed by atoms with van der Waals surface area (Å²) in [5.41, 5.74) is 1.36. The third kappa shape index (κ3) is 2.51. The predicted octanol–water partition coefficient (Wildman–Crippen LogP) is -0.346. The third-order valence-electron chi connectivity index (χ3n) is 3.54. The molecule has 1 fully saturated rings. The van der Waals surface area contributed by atoms with Crippen molar-refractivity contribution in [2.45, 2.75) is 30.8 Å². The van der Waals surface area contributed by atoms with Crippen molar-refractivity contribution < 1.29 is 20.1 Å². The van der Waals surface area contributed by atoms with Crippen molar-refractivity contribution in [3.05, 3.63) is 36.2 Å². The van der Waals surface area contributed by atoms with Gasteiger partial charge in [0.25, 0.3) is 0 Å². The van der Waals surface area contributed by atoms with Crippen LogP contribution >= 0.6 is 0 Å². The van der Waals surface area contributed by atoms with E-state index >= 15 is 0 Å². The van der Waals surface area contributed by atoms with E-state index in [9.17, 15) is 15.3 Å². The van der Waals surface area contributed by atoms with Crippen LogP contribution in [0.4, 0.5) is 0 Å². The van der Waals surface area contributed by atoms with Gasteiger partial charge in [0.2, 0.25) is 0 Å². The van der Waals surface area contributed by atoms with E-state index in [2.05, 4.69) is 9.97 Å². The molecule has 0 aromatic carbocycles. The number of rotatable bonds is 2. The van der Waals surface area contributed by atoms with Gasteiger partial charge >= 0.3 is 0 Å². The zero-order valence-corrected chi connectivity index (χ0v) is 10.8. The highest BCUT2D eigenvalue weighted by Gasteiger charge is 2.37. The summed E-state index contributed by atoms with van der Waals surface area (Å²) < 4.78 is 5.37. The van der Waals surface area contributed by atoms with Crippen LogP contribution in [0.25, 0.3) is 11.0 Å². The lowest BCUT2D eigenvalue weighted by Gasteiger charge is -2.35. The largest absolute Gasteiger partial charge is 0.388 e. The van der Waals surface area contributed by atoms with Crippen molar-refractivity contribution in [2.75, 3.05) is 6.61 Å². The van der Waals surface area contributed by atoms with E-state index in [4.69, 9.17) is 4.74 Å². The highest BCUT2D eigenvalue weighted by molar-refractivity contribution is 5.74. The Kier molecular flexibility index (Phi) is 3.62. The van der Waals surface area contributed by atoms with Gasteiger partial charge in [-0.05, 0) is 24.3 Å². The van der Waals surface area contributed by atoms with E-state index in [0.29, 0.717) is 12.1 Å². The molecule has 2 aromatic heterocycles. The standard InChI is InChI=1S/C14H16N2O4/c17-10-7-20-11(13(19)12(10)18)6-9-4-3-8-2-1-5-15-14(8)16-9/h1-5,10-13,17-19H,6-7H2/t10-,11+,12+,13+/m1/s1. The van der Waals surface area contributed by atoms with Crippen LogP contribution < -0.4 is 0 Å². The zero-order valence-electron chi connectivity index (χ0n) is 10.8. The van der Waals surface area contributed by atoms with Gasteiger partial charge < -0.3 is 20.1 Å². The van der Waals surface area contributed by atoms with Gasteiger partial charge in [-0.1, -0.05) is 0 Å². The molecular weight excluding hydrogens is 260 g/mol. The van der Waals surface area contributed by atoms with Crippen LogP contribution in [0.3, 0.4) is 0 Å². The fourth-order valence-electron chi connectivity index (χ4n) is 2.36. The molecule has 0 spiro atoms. The Morgan fingerprint density at radius 1 is 1.15 bits per heavy atom. The molecule has 3 rings (SSSR count). The summed E-state index contributed by atoms with van der Waals surface area (Å²) >= 11 is 0. The summed E-state index contributed by atoms with van der Waals surface area (Å²) in [4.78, 5) is 8.58. The molecule has 20 heavy (non-hydrogen) atoms. The number of hydrogen-bond donors (Lipinski definition) is 3. The molecule has 0 bridgehead atoms. The first-order valence-electron chi connectivity index (χ1n) is 6.51. The van der Waals surface area contributed by atoms with Crippen LogP contribution in [0.5, 0.6) is 0 Å². The minimum Gasteiger partial charge on any atom is -0.388 e. The van der Waals surface area contributed by atoms with Gasteiger partial charge in [0.15, 0.2) is 5.65 Å². The van der Waals surface area contributed by atoms with Crippen molar-refractivity contribution in [3.63, 3.8) is 0 Å². The van der Waals surface area contributed by atoms with Gasteiger partial charge in [-0.3, -0.25) is 0 Å². The molecule has 6 nitrogen and oxygen atoms in total. The summed E-state index contributed by atoms with van der Waals surface area (Å²) in [6.45, 7) is 0.00866. The average Bonchev–Trinajstić information content (AvgIpc) is 2.48. The van der Waals surface area contributed by atoms with Crippen LogP contribution in [0.15, 0.2) is 30.5 Å². The van der Waals surface area contributed by atoms with Crippen LogP contribution in [-0.2, 0) is 11.2 Å². The topological polar surface area (TPSA) is 95.7 Å². The molecule has 4 atom stereocenters. The first kappa shape index (κ1) is 13.4. The van der Waals surface area contributed by atoms with Gasteiger partial charge in [0.05, 0.1) is 12.7 Å². The number of aliphatic hydroxyl groups excluding tert-OH is 3. The molecule has 0 saturated carbocycles. The highest BCUT2D eigenvalue weighted by atomic mass is 16.5. The summed E-state index contributed by atoms with van der Waals surface area (Å²) in [6.07, 6.45) is -1.91. The highest BCUT2D eigenvalue weighted by Crippen LogP contribution is 2.19. The number of hydrogen-bond acceptors (Lipinski definition) is 6. The van der Waals surface area contributed by atoms with E-state index in [-0.39, 0.29) is 6.61 Å². The quantitative estimate of drug-likeness (QED) is 0.694. The second-order valence-electron chi connectivity index (χ2n) is 4.98. The molecule has 106 valence electrons. The van der Waals surface area contributed by atoms with Crippen LogP contribution in [0.2, 0.25) is 0 Å². The Bertz CT molecular complexity index is 606. The second-order valence-corrected chi connectivity index (χ2v) is 4.98. The molecular formula is C14H16N2O4. The summed E-state index contributed by atoms with van der Waals surface area (Å²) in [5, 5.41) is 29.9. The van der Waals surface area contributed by atoms with Crippen LogP contribution in [0, 0.1) is 0 Å². The van der Waals surface area contributed by atoms with Crippen molar-refractivity contribution in [1.82, 2.24) is 9.97 Å². The fourth-order valence-corrected chi connectivity index (χ4v) is 2.36. The summed E-state index contributed by atoms with van der Waals surface area (Å²) in [5.74, 6) is 0. The second kappa shape index (κ2) is 5.41. The molecule has 6 heteroatoms. The van der Waals surface area contributed by atoms with Gasteiger partial charge in [0.1, 0.15) is 18.3 Å². The first-order chi connectivity index (χ1) is 9.65. The van der Waals surface area contributed by atoms with E-state index in [1.54, 1.807) is 6.20 Å². The maximum atomic E-state index is 9.90. The zero-order chi connectivity index (χ0) is 14.1. The van der Waals surface area contributed by atoms with Gasteiger partial charge in [-0.2, -0.15) is 0 Å². The molecule has 1 aliphatic rings. The Balaban J connectivity index is 1.79. The van der Waals surface area contributed by atoms with Crippen molar-refractivity contribution in [1.29, 1.82) is 0 Å². The number of pyridine rings is 2. The normalized spacial score (nSPS) is 30.6. The average molecular weight is 276 g/mol. The fraction of sp³-hybridized carbons (Fsp3) is 0.429. The lowest BCUT2D eigenvalue weighted by Crippen LogP contribution is -2.53. The number of aliphatic hydroxyl groups is 3. The number of aromatic nitrogens is 2. The number of fused-ring (bicyclic) bond motifs is 1. The Hall–Kier alpha value is -1.60. The monoisotopic (exact) mass is 276 g/mol. The van der Waals surface area contributed by atoms with Gasteiger partial charge in [-0.15, -0.1) is 0 Å². The maximum absolute atomic E-state index is 9.90. The molecule has 0 radical (unpaired) electrons. The lowest BCUT2D eigenvalue weighted by molar-refractivity contribution is -0.186. The predicted molar refractivity (Wildman–Crippen MR) is 71.0 cm³/mol. The number of ether oxygens (including phenoxy) is 1. The first-order valence-corrected chi connectivity index (χ1v) is 6.51. The molecule has 0 aliphatic carbocycles. The summed E-state index contributed by atoms with van der Waals surface area (Å²) in [7, 11) is 0. The third-order valence-corrected chi connectivity index (χ3v) is 3.54.